The normalized spacial score (nSPS) is 11.2. The number of nitrogens with one attached hydrogen (secondary N) is 2. The third-order valence-corrected chi connectivity index (χ3v) is 5.98. The molecule has 0 radical (unpaired) electrons. The quantitative estimate of drug-likeness (QED) is 0.643. The molecule has 2 aromatic carbocycles. The van der Waals surface area contributed by atoms with Gasteiger partial charge in [-0.25, -0.2) is 8.42 Å². The molecule has 0 fully saturated rings. The summed E-state index contributed by atoms with van der Waals surface area (Å²) in [6.07, 6.45) is 0.566. The molecule has 8 nitrogen and oxygen atoms in total. The number of carbonyl (C=O) groups excluding carboxylic acids is 2. The third-order valence-electron chi connectivity index (χ3n) is 4.16. The first-order valence-electron chi connectivity index (χ1n) is 8.96. The maximum Gasteiger partial charge on any atom is 0.243 e. The van der Waals surface area contributed by atoms with Crippen LogP contribution in [-0.4, -0.2) is 51.8 Å². The summed E-state index contributed by atoms with van der Waals surface area (Å²) < 4.78 is 31.5. The summed E-state index contributed by atoms with van der Waals surface area (Å²) in [5.74, 6) is 0.0903. The molecule has 2 aromatic rings. The van der Waals surface area contributed by atoms with Gasteiger partial charge in [0.2, 0.25) is 21.8 Å². The molecule has 0 aliphatic carbocycles. The Labute approximate surface area is 170 Å². The van der Waals surface area contributed by atoms with E-state index in [4.69, 9.17) is 4.74 Å². The van der Waals surface area contributed by atoms with Crippen LogP contribution in [0.1, 0.15) is 12.5 Å². The lowest BCUT2D eigenvalue weighted by molar-refractivity contribution is -0.121. The van der Waals surface area contributed by atoms with E-state index in [0.717, 1.165) is 15.6 Å². The van der Waals surface area contributed by atoms with Gasteiger partial charge in [-0.2, -0.15) is 4.31 Å². The number of likely N-dealkylation sites (N-methyl/N-ethyl adjacent to an activating group) is 1. The largest absolute Gasteiger partial charge is 0.496 e. The summed E-state index contributed by atoms with van der Waals surface area (Å²) >= 11 is 0. The SMILES string of the molecule is COc1ccccc1CCNC(=O)CN(C)S(=O)(=O)c1ccc(NC(C)=O)cc1. The van der Waals surface area contributed by atoms with Gasteiger partial charge in [-0.05, 0) is 42.3 Å². The van der Waals surface area contributed by atoms with Crippen LogP contribution in [0.2, 0.25) is 0 Å². The molecule has 0 aliphatic heterocycles. The Hall–Kier alpha value is -2.91. The minimum absolute atomic E-state index is 0.0379. The number of ether oxygens (including phenoxy) is 1. The molecule has 0 aliphatic rings. The van der Waals surface area contributed by atoms with Gasteiger partial charge in [0.25, 0.3) is 0 Å². The fourth-order valence-corrected chi connectivity index (χ4v) is 3.81. The van der Waals surface area contributed by atoms with E-state index >= 15 is 0 Å². The van der Waals surface area contributed by atoms with E-state index in [1.54, 1.807) is 7.11 Å². The second kappa shape index (κ2) is 10.0. The fourth-order valence-electron chi connectivity index (χ4n) is 2.68. The molecule has 0 saturated carbocycles. The predicted octanol–water partition coefficient (Wildman–Crippen LogP) is 1.63. The lowest BCUT2D eigenvalue weighted by Crippen LogP contribution is -2.39. The van der Waals surface area contributed by atoms with Crippen LogP contribution >= 0.6 is 0 Å². The van der Waals surface area contributed by atoms with Crippen LogP contribution in [0.5, 0.6) is 5.75 Å². The summed E-state index contributed by atoms with van der Waals surface area (Å²) in [6.45, 7) is 1.42. The van der Waals surface area contributed by atoms with E-state index < -0.39 is 15.9 Å². The van der Waals surface area contributed by atoms with Crippen molar-refractivity contribution in [2.75, 3.05) is 32.6 Å². The van der Waals surface area contributed by atoms with Gasteiger partial charge in [0.1, 0.15) is 5.75 Å². The first kappa shape index (κ1) is 22.4. The highest BCUT2D eigenvalue weighted by Gasteiger charge is 2.22. The van der Waals surface area contributed by atoms with Crippen molar-refractivity contribution in [1.82, 2.24) is 9.62 Å². The second-order valence-corrected chi connectivity index (χ2v) is 8.42. The molecule has 156 valence electrons. The van der Waals surface area contributed by atoms with E-state index in [9.17, 15) is 18.0 Å². The number of nitrogens with zero attached hydrogens (tertiary/aromatic N) is 1. The number of carbonyl (C=O) groups is 2. The van der Waals surface area contributed by atoms with Gasteiger partial charge in [0, 0.05) is 26.2 Å². The number of sulfonamides is 1. The molecule has 0 bridgehead atoms. The van der Waals surface area contributed by atoms with Gasteiger partial charge in [-0.1, -0.05) is 18.2 Å². The van der Waals surface area contributed by atoms with Crippen molar-refractivity contribution in [1.29, 1.82) is 0 Å². The van der Waals surface area contributed by atoms with Crippen molar-refractivity contribution in [2.45, 2.75) is 18.2 Å². The van der Waals surface area contributed by atoms with Crippen molar-refractivity contribution in [2.24, 2.45) is 0 Å². The van der Waals surface area contributed by atoms with Gasteiger partial charge in [-0.3, -0.25) is 9.59 Å². The zero-order valence-corrected chi connectivity index (χ0v) is 17.5. The molecule has 0 aromatic heterocycles. The Bertz CT molecular complexity index is 958. The van der Waals surface area contributed by atoms with E-state index in [0.29, 0.717) is 18.7 Å². The Morgan fingerprint density at radius 2 is 1.72 bits per heavy atom. The number of amides is 2. The highest BCUT2D eigenvalue weighted by atomic mass is 32.2. The average molecular weight is 420 g/mol. The maximum atomic E-state index is 12.6. The second-order valence-electron chi connectivity index (χ2n) is 6.38. The molecule has 2 N–H and O–H groups in total. The summed E-state index contributed by atoms with van der Waals surface area (Å²) in [5.41, 5.74) is 1.45. The summed E-state index contributed by atoms with van der Waals surface area (Å²) in [7, 11) is -0.900. The summed E-state index contributed by atoms with van der Waals surface area (Å²) in [4.78, 5) is 23.2. The van der Waals surface area contributed by atoms with Crippen molar-refractivity contribution >= 4 is 27.5 Å². The highest BCUT2D eigenvalue weighted by molar-refractivity contribution is 7.89. The molecule has 9 heteroatoms. The summed E-state index contributed by atoms with van der Waals surface area (Å²) in [5, 5.41) is 5.29. The molecular formula is C20H25N3O5S. The van der Waals surface area contributed by atoms with Gasteiger partial charge in [0.05, 0.1) is 18.6 Å². The van der Waals surface area contributed by atoms with Crippen LogP contribution in [0, 0.1) is 0 Å². The number of hydrogen-bond acceptors (Lipinski definition) is 5. The number of rotatable bonds is 9. The van der Waals surface area contributed by atoms with Crippen LogP contribution in [0.25, 0.3) is 0 Å². The lowest BCUT2D eigenvalue weighted by atomic mass is 10.1. The van der Waals surface area contributed by atoms with Crippen LogP contribution in [0.3, 0.4) is 0 Å². The zero-order chi connectivity index (χ0) is 21.4. The number of anilines is 1. The number of para-hydroxylation sites is 1. The topological polar surface area (TPSA) is 105 Å². The van der Waals surface area contributed by atoms with Crippen molar-refractivity contribution in [3.8, 4) is 5.75 Å². The fraction of sp³-hybridized carbons (Fsp3) is 0.300. The number of hydrogen-bond donors (Lipinski definition) is 2. The number of methoxy groups -OCH3 is 1. The maximum absolute atomic E-state index is 12.6. The Balaban J connectivity index is 1.91. The Morgan fingerprint density at radius 3 is 2.34 bits per heavy atom. The molecular weight excluding hydrogens is 394 g/mol. The van der Waals surface area contributed by atoms with Crippen LogP contribution in [0.15, 0.2) is 53.4 Å². The average Bonchev–Trinajstić information content (AvgIpc) is 2.68. The third kappa shape index (κ3) is 6.30. The van der Waals surface area contributed by atoms with Gasteiger partial charge >= 0.3 is 0 Å². The van der Waals surface area contributed by atoms with E-state index in [1.165, 1.54) is 38.2 Å². The molecule has 2 amide bonds. The molecule has 0 saturated heterocycles. The lowest BCUT2D eigenvalue weighted by Gasteiger charge is -2.17. The molecule has 0 spiro atoms. The molecule has 0 heterocycles. The van der Waals surface area contributed by atoms with E-state index in [-0.39, 0.29) is 17.3 Å². The Kier molecular flexibility index (Phi) is 7.74. The smallest absolute Gasteiger partial charge is 0.243 e. The van der Waals surface area contributed by atoms with Crippen LogP contribution < -0.4 is 15.4 Å². The molecule has 29 heavy (non-hydrogen) atoms. The number of benzene rings is 2. The van der Waals surface area contributed by atoms with E-state index in [2.05, 4.69) is 10.6 Å². The first-order chi connectivity index (χ1) is 13.7. The van der Waals surface area contributed by atoms with Crippen molar-refractivity contribution in [3.05, 3.63) is 54.1 Å². The first-order valence-corrected chi connectivity index (χ1v) is 10.4. The van der Waals surface area contributed by atoms with Crippen LogP contribution in [0.4, 0.5) is 5.69 Å². The predicted molar refractivity (Wildman–Crippen MR) is 110 cm³/mol. The Morgan fingerprint density at radius 1 is 1.07 bits per heavy atom. The van der Waals surface area contributed by atoms with E-state index in [1.807, 2.05) is 24.3 Å². The minimum atomic E-state index is -3.83. The monoisotopic (exact) mass is 419 g/mol. The zero-order valence-electron chi connectivity index (χ0n) is 16.6. The van der Waals surface area contributed by atoms with Crippen molar-refractivity contribution in [3.63, 3.8) is 0 Å². The minimum Gasteiger partial charge on any atom is -0.496 e. The highest BCUT2D eigenvalue weighted by Crippen LogP contribution is 2.18. The van der Waals surface area contributed by atoms with Gasteiger partial charge in [-0.15, -0.1) is 0 Å². The molecule has 2 rings (SSSR count). The molecule has 0 unspecified atom stereocenters. The van der Waals surface area contributed by atoms with Crippen molar-refractivity contribution < 1.29 is 22.7 Å². The van der Waals surface area contributed by atoms with Crippen LogP contribution in [-0.2, 0) is 26.0 Å². The summed E-state index contributed by atoms with van der Waals surface area (Å²) in [6, 6.07) is 13.3. The van der Waals surface area contributed by atoms with Gasteiger partial charge < -0.3 is 15.4 Å². The standard InChI is InChI=1S/C20H25N3O5S/c1-15(24)22-17-8-10-18(11-9-17)29(26,27)23(2)14-20(25)21-13-12-16-6-4-5-7-19(16)28-3/h4-11H,12-14H2,1-3H3,(H,21,25)(H,22,24). The molecule has 0 atom stereocenters. The van der Waals surface area contributed by atoms with Gasteiger partial charge in [0.15, 0.2) is 0 Å².